The van der Waals surface area contributed by atoms with E-state index in [-0.39, 0.29) is 11.9 Å². The van der Waals surface area contributed by atoms with Crippen LogP contribution in [0, 0.1) is 6.92 Å². The number of fused-ring (bicyclic) bond motifs is 1. The maximum atomic E-state index is 12.8. The fraction of sp³-hybridized carbons (Fsp3) is 0.211. The van der Waals surface area contributed by atoms with E-state index in [1.165, 1.54) is 0 Å². The third-order valence-electron chi connectivity index (χ3n) is 3.85. The topological polar surface area (TPSA) is 54.9 Å². The third-order valence-corrected chi connectivity index (χ3v) is 3.85. The molecular weight excluding hydrogens is 286 g/mol. The van der Waals surface area contributed by atoms with E-state index in [1.807, 2.05) is 54.6 Å². The summed E-state index contributed by atoms with van der Waals surface area (Å²) in [5.74, 6) is 0.434. The van der Waals surface area contributed by atoms with E-state index in [9.17, 15) is 4.79 Å². The summed E-state index contributed by atoms with van der Waals surface area (Å²) in [7, 11) is 0. The van der Waals surface area contributed by atoms with Crippen molar-refractivity contribution in [2.24, 2.45) is 0 Å². The van der Waals surface area contributed by atoms with Crippen LogP contribution in [0.1, 0.15) is 41.3 Å². The first-order valence-electron chi connectivity index (χ1n) is 7.78. The van der Waals surface area contributed by atoms with E-state index in [4.69, 9.17) is 0 Å². The van der Waals surface area contributed by atoms with Crippen LogP contribution in [0.2, 0.25) is 0 Å². The minimum Gasteiger partial charge on any atom is -0.344 e. The van der Waals surface area contributed by atoms with Gasteiger partial charge in [0.2, 0.25) is 0 Å². The van der Waals surface area contributed by atoms with Crippen molar-refractivity contribution >= 4 is 16.8 Å². The predicted molar refractivity (Wildman–Crippen MR) is 91.2 cm³/mol. The van der Waals surface area contributed by atoms with Gasteiger partial charge in [0, 0.05) is 5.39 Å². The molecule has 0 aliphatic heterocycles. The lowest BCUT2D eigenvalue weighted by molar-refractivity contribution is 0.0932. The molecule has 0 fully saturated rings. The largest absolute Gasteiger partial charge is 0.344 e. The molecule has 0 saturated heterocycles. The minimum atomic E-state index is -0.164. The smallest absolute Gasteiger partial charge is 0.271 e. The average molecular weight is 305 g/mol. The molecule has 4 heteroatoms. The molecule has 0 spiro atoms. The number of carbonyl (C=O) groups is 1. The van der Waals surface area contributed by atoms with Gasteiger partial charge in [0.05, 0.1) is 11.6 Å². The first-order valence-corrected chi connectivity index (χ1v) is 7.78. The molecule has 0 saturated carbocycles. The highest BCUT2D eigenvalue weighted by atomic mass is 16.1. The summed E-state index contributed by atoms with van der Waals surface area (Å²) < 4.78 is 0. The highest BCUT2D eigenvalue weighted by molar-refractivity contribution is 6.04. The van der Waals surface area contributed by atoms with E-state index in [0.717, 1.165) is 22.9 Å². The molecule has 0 bridgehead atoms. The lowest BCUT2D eigenvalue weighted by Crippen LogP contribution is -2.29. The van der Waals surface area contributed by atoms with Gasteiger partial charge in [0.25, 0.3) is 5.91 Å². The molecule has 116 valence electrons. The second-order valence-electron chi connectivity index (χ2n) is 5.48. The Morgan fingerprint density at radius 2 is 1.74 bits per heavy atom. The Hall–Kier alpha value is -2.75. The van der Waals surface area contributed by atoms with Crippen LogP contribution in [0.25, 0.3) is 10.9 Å². The van der Waals surface area contributed by atoms with Crippen molar-refractivity contribution < 1.29 is 4.79 Å². The summed E-state index contributed by atoms with van der Waals surface area (Å²) in [6, 6.07) is 17.5. The highest BCUT2D eigenvalue weighted by Gasteiger charge is 2.18. The molecule has 1 unspecified atom stereocenters. The fourth-order valence-electron chi connectivity index (χ4n) is 2.70. The van der Waals surface area contributed by atoms with Crippen molar-refractivity contribution in [1.29, 1.82) is 0 Å². The van der Waals surface area contributed by atoms with Gasteiger partial charge < -0.3 is 5.32 Å². The van der Waals surface area contributed by atoms with Crippen LogP contribution in [0.15, 0.2) is 54.6 Å². The van der Waals surface area contributed by atoms with Crippen molar-refractivity contribution in [1.82, 2.24) is 15.3 Å². The second kappa shape index (κ2) is 6.57. The number of nitrogens with zero attached hydrogens (tertiary/aromatic N) is 2. The summed E-state index contributed by atoms with van der Waals surface area (Å²) in [5, 5.41) is 3.87. The van der Waals surface area contributed by atoms with Crippen LogP contribution >= 0.6 is 0 Å². The molecule has 1 atom stereocenters. The average Bonchev–Trinajstić information content (AvgIpc) is 2.59. The molecule has 1 aromatic heterocycles. The maximum Gasteiger partial charge on any atom is 0.271 e. The zero-order chi connectivity index (χ0) is 16.2. The Morgan fingerprint density at radius 1 is 1.04 bits per heavy atom. The summed E-state index contributed by atoms with van der Waals surface area (Å²) in [4.78, 5) is 21.5. The van der Waals surface area contributed by atoms with Gasteiger partial charge in [-0.1, -0.05) is 55.5 Å². The molecule has 1 N–H and O–H groups in total. The van der Waals surface area contributed by atoms with E-state index < -0.39 is 0 Å². The number of para-hydroxylation sites is 1. The van der Waals surface area contributed by atoms with Crippen LogP contribution in [0.4, 0.5) is 0 Å². The minimum absolute atomic E-state index is 0.0299. The van der Waals surface area contributed by atoms with Crippen LogP contribution in [0.3, 0.4) is 0 Å². The second-order valence-corrected chi connectivity index (χ2v) is 5.48. The third kappa shape index (κ3) is 3.21. The van der Waals surface area contributed by atoms with Crippen molar-refractivity contribution in [2.75, 3.05) is 0 Å². The van der Waals surface area contributed by atoms with Gasteiger partial charge in [-0.2, -0.15) is 0 Å². The van der Waals surface area contributed by atoms with Crippen molar-refractivity contribution in [3.05, 3.63) is 71.7 Å². The molecule has 3 rings (SSSR count). The molecule has 2 aromatic carbocycles. The number of aryl methyl sites for hydroxylation is 1. The molecule has 3 aromatic rings. The number of aromatic nitrogens is 2. The van der Waals surface area contributed by atoms with Gasteiger partial charge in [-0.3, -0.25) is 4.79 Å². The SMILES string of the molecule is CCC(NC(=O)c1nc(C)nc2ccccc12)c1ccccc1. The highest BCUT2D eigenvalue weighted by Crippen LogP contribution is 2.19. The molecule has 0 aliphatic carbocycles. The number of amides is 1. The Bertz CT molecular complexity index is 830. The van der Waals surface area contributed by atoms with Gasteiger partial charge >= 0.3 is 0 Å². The molecule has 23 heavy (non-hydrogen) atoms. The number of nitrogens with one attached hydrogen (secondary N) is 1. The van der Waals surface area contributed by atoms with Crippen LogP contribution < -0.4 is 5.32 Å². The number of hydrogen-bond acceptors (Lipinski definition) is 3. The number of hydrogen-bond donors (Lipinski definition) is 1. The van der Waals surface area contributed by atoms with E-state index in [0.29, 0.717) is 11.5 Å². The van der Waals surface area contributed by atoms with Crippen LogP contribution in [0.5, 0.6) is 0 Å². The van der Waals surface area contributed by atoms with E-state index in [1.54, 1.807) is 6.92 Å². The summed E-state index contributed by atoms with van der Waals surface area (Å²) >= 11 is 0. The monoisotopic (exact) mass is 305 g/mol. The summed E-state index contributed by atoms with van der Waals surface area (Å²) in [6.45, 7) is 3.86. The van der Waals surface area contributed by atoms with Gasteiger partial charge in [0.15, 0.2) is 0 Å². The Balaban J connectivity index is 1.94. The fourth-order valence-corrected chi connectivity index (χ4v) is 2.70. The number of rotatable bonds is 4. The first-order chi connectivity index (χ1) is 11.2. The van der Waals surface area contributed by atoms with Crippen LogP contribution in [-0.4, -0.2) is 15.9 Å². The van der Waals surface area contributed by atoms with Gasteiger partial charge in [-0.05, 0) is 25.0 Å². The molecule has 0 aliphatic rings. The quantitative estimate of drug-likeness (QED) is 0.797. The zero-order valence-electron chi connectivity index (χ0n) is 13.3. The maximum absolute atomic E-state index is 12.8. The first kappa shape index (κ1) is 15.2. The van der Waals surface area contributed by atoms with Gasteiger partial charge in [0.1, 0.15) is 11.5 Å². The molecule has 0 radical (unpaired) electrons. The van der Waals surface area contributed by atoms with Gasteiger partial charge in [-0.25, -0.2) is 9.97 Å². The van der Waals surface area contributed by atoms with Crippen molar-refractivity contribution in [3.8, 4) is 0 Å². The molecular formula is C19H19N3O. The Labute approximate surface area is 135 Å². The van der Waals surface area contributed by atoms with Gasteiger partial charge in [-0.15, -0.1) is 0 Å². The summed E-state index contributed by atoms with van der Waals surface area (Å²) in [6.07, 6.45) is 0.817. The zero-order valence-corrected chi connectivity index (χ0v) is 13.3. The molecule has 1 heterocycles. The van der Waals surface area contributed by atoms with Crippen molar-refractivity contribution in [3.63, 3.8) is 0 Å². The van der Waals surface area contributed by atoms with Crippen molar-refractivity contribution in [2.45, 2.75) is 26.3 Å². The normalized spacial score (nSPS) is 12.1. The number of benzene rings is 2. The Kier molecular flexibility index (Phi) is 4.33. The predicted octanol–water partition coefficient (Wildman–Crippen LogP) is 3.82. The molecule has 4 nitrogen and oxygen atoms in total. The Morgan fingerprint density at radius 3 is 2.48 bits per heavy atom. The lowest BCUT2D eigenvalue weighted by atomic mass is 10.0. The number of carbonyl (C=O) groups excluding carboxylic acids is 1. The lowest BCUT2D eigenvalue weighted by Gasteiger charge is -2.17. The van der Waals surface area contributed by atoms with E-state index in [2.05, 4.69) is 22.2 Å². The standard InChI is InChI=1S/C19H19N3O/c1-3-16(14-9-5-4-6-10-14)22-19(23)18-15-11-7-8-12-17(15)20-13(2)21-18/h4-12,16H,3H2,1-2H3,(H,22,23). The molecule has 1 amide bonds. The van der Waals surface area contributed by atoms with Crippen LogP contribution in [-0.2, 0) is 0 Å². The van der Waals surface area contributed by atoms with E-state index >= 15 is 0 Å². The summed E-state index contributed by atoms with van der Waals surface area (Å²) in [5.41, 5.74) is 2.32.